The zero-order valence-corrected chi connectivity index (χ0v) is 15.3. The Morgan fingerprint density at radius 1 is 1.19 bits per heavy atom. The van der Waals surface area contributed by atoms with Gasteiger partial charge < -0.3 is 9.32 Å². The lowest BCUT2D eigenvalue weighted by Crippen LogP contribution is -2.23. The molecule has 2 aromatic rings. The molecule has 0 spiro atoms. The SMILES string of the molecule is CN1C(=O)C(=C2CCCC2)c2cc(S(=O)(=O)NCc3ccco3)ccc21. The number of likely N-dealkylation sites (N-methyl/N-ethyl adjacent to an activating group) is 1. The molecule has 1 amide bonds. The number of allylic oxidation sites excluding steroid dienone is 1. The summed E-state index contributed by atoms with van der Waals surface area (Å²) in [4.78, 5) is 14.4. The van der Waals surface area contributed by atoms with Crippen LogP contribution in [0.5, 0.6) is 0 Å². The van der Waals surface area contributed by atoms with Crippen molar-refractivity contribution in [2.24, 2.45) is 0 Å². The number of carbonyl (C=O) groups is 1. The third kappa shape index (κ3) is 2.87. The number of nitrogens with one attached hydrogen (secondary N) is 1. The van der Waals surface area contributed by atoms with Gasteiger partial charge in [0.15, 0.2) is 0 Å². The minimum Gasteiger partial charge on any atom is -0.468 e. The fraction of sp³-hybridized carbons (Fsp3) is 0.316. The van der Waals surface area contributed by atoms with Crippen molar-refractivity contribution in [3.63, 3.8) is 0 Å². The summed E-state index contributed by atoms with van der Waals surface area (Å²) in [6, 6.07) is 8.27. The fourth-order valence-electron chi connectivity index (χ4n) is 3.62. The van der Waals surface area contributed by atoms with E-state index in [1.165, 1.54) is 12.3 Å². The molecule has 26 heavy (non-hydrogen) atoms. The Labute approximate surface area is 152 Å². The smallest absolute Gasteiger partial charge is 0.258 e. The molecule has 0 saturated heterocycles. The second-order valence-corrected chi connectivity index (χ2v) is 8.40. The number of nitrogens with zero attached hydrogens (tertiary/aromatic N) is 1. The molecule has 0 unspecified atom stereocenters. The lowest BCUT2D eigenvalue weighted by molar-refractivity contribution is -0.112. The van der Waals surface area contributed by atoms with Crippen LogP contribution in [0.3, 0.4) is 0 Å². The summed E-state index contributed by atoms with van der Waals surface area (Å²) in [7, 11) is -1.97. The predicted octanol–water partition coefficient (Wildman–Crippen LogP) is 3.06. The first-order valence-corrected chi connectivity index (χ1v) is 10.1. The van der Waals surface area contributed by atoms with Gasteiger partial charge in [0, 0.05) is 18.2 Å². The molecule has 1 N–H and O–H groups in total. The number of rotatable bonds is 4. The van der Waals surface area contributed by atoms with Gasteiger partial charge in [-0.05, 0) is 56.0 Å². The summed E-state index contributed by atoms with van der Waals surface area (Å²) < 4.78 is 33.0. The highest BCUT2D eigenvalue weighted by Gasteiger charge is 2.34. The predicted molar refractivity (Wildman–Crippen MR) is 98.0 cm³/mol. The van der Waals surface area contributed by atoms with Gasteiger partial charge in [-0.15, -0.1) is 0 Å². The number of sulfonamides is 1. The van der Waals surface area contributed by atoms with Crippen LogP contribution < -0.4 is 9.62 Å². The van der Waals surface area contributed by atoms with Crippen LogP contribution in [0.1, 0.15) is 37.0 Å². The molecule has 2 heterocycles. The Bertz CT molecular complexity index is 983. The van der Waals surface area contributed by atoms with Crippen LogP contribution in [0, 0.1) is 0 Å². The average molecular weight is 372 g/mol. The molecule has 0 bridgehead atoms. The molecular weight excluding hydrogens is 352 g/mol. The van der Waals surface area contributed by atoms with Gasteiger partial charge in [0.2, 0.25) is 10.0 Å². The number of carbonyl (C=O) groups excluding carboxylic acids is 1. The van der Waals surface area contributed by atoms with E-state index >= 15 is 0 Å². The lowest BCUT2D eigenvalue weighted by Gasteiger charge is -2.10. The average Bonchev–Trinajstić information content (AvgIpc) is 3.36. The van der Waals surface area contributed by atoms with E-state index in [1.807, 2.05) is 0 Å². The van der Waals surface area contributed by atoms with Crippen molar-refractivity contribution in [2.45, 2.75) is 37.1 Å². The molecule has 4 rings (SSSR count). The van der Waals surface area contributed by atoms with Crippen molar-refractivity contribution in [2.75, 3.05) is 11.9 Å². The van der Waals surface area contributed by atoms with Gasteiger partial charge in [-0.25, -0.2) is 13.1 Å². The van der Waals surface area contributed by atoms with E-state index < -0.39 is 10.0 Å². The van der Waals surface area contributed by atoms with Gasteiger partial charge in [0.25, 0.3) is 5.91 Å². The first-order valence-electron chi connectivity index (χ1n) is 8.64. The fourth-order valence-corrected chi connectivity index (χ4v) is 4.64. The van der Waals surface area contributed by atoms with E-state index in [2.05, 4.69) is 4.72 Å². The van der Waals surface area contributed by atoms with Crippen LogP contribution in [0.15, 0.2) is 51.5 Å². The Morgan fingerprint density at radius 3 is 2.65 bits per heavy atom. The standard InChI is InChI=1S/C19H20N2O4S/c1-21-17-9-8-15(26(23,24)20-12-14-7-4-10-25-14)11-16(17)18(19(21)22)13-5-2-3-6-13/h4,7-11,20H,2-3,5-6,12H2,1H3. The molecule has 0 atom stereocenters. The third-order valence-electron chi connectivity index (χ3n) is 5.00. The highest BCUT2D eigenvalue weighted by Crippen LogP contribution is 2.42. The van der Waals surface area contributed by atoms with Crippen molar-refractivity contribution in [3.8, 4) is 0 Å². The van der Waals surface area contributed by atoms with E-state index in [0.29, 0.717) is 11.3 Å². The highest BCUT2D eigenvalue weighted by atomic mass is 32.2. The second kappa shape index (κ2) is 6.41. The highest BCUT2D eigenvalue weighted by molar-refractivity contribution is 7.89. The van der Waals surface area contributed by atoms with E-state index in [4.69, 9.17) is 4.42 Å². The normalized spacial score (nSPS) is 17.3. The maximum atomic E-state index is 12.7. The molecule has 1 aliphatic heterocycles. The van der Waals surface area contributed by atoms with Gasteiger partial charge >= 0.3 is 0 Å². The zero-order valence-electron chi connectivity index (χ0n) is 14.5. The largest absolute Gasteiger partial charge is 0.468 e. The lowest BCUT2D eigenvalue weighted by atomic mass is 10.00. The van der Waals surface area contributed by atoms with Gasteiger partial charge in [0.1, 0.15) is 5.76 Å². The quantitative estimate of drug-likeness (QED) is 0.837. The summed E-state index contributed by atoms with van der Waals surface area (Å²) >= 11 is 0. The Morgan fingerprint density at radius 2 is 1.96 bits per heavy atom. The summed E-state index contributed by atoms with van der Waals surface area (Å²) in [5.41, 5.74) is 3.30. The number of hydrogen-bond donors (Lipinski definition) is 1. The van der Waals surface area contributed by atoms with Crippen molar-refractivity contribution in [1.82, 2.24) is 4.72 Å². The van der Waals surface area contributed by atoms with Crippen molar-refractivity contribution < 1.29 is 17.6 Å². The molecule has 2 aliphatic rings. The van der Waals surface area contributed by atoms with Crippen LogP contribution in [0.4, 0.5) is 5.69 Å². The van der Waals surface area contributed by atoms with Crippen LogP contribution in [-0.4, -0.2) is 21.4 Å². The number of fused-ring (bicyclic) bond motifs is 1. The first-order chi connectivity index (χ1) is 12.5. The minimum atomic E-state index is -3.70. The van der Waals surface area contributed by atoms with Crippen LogP contribution >= 0.6 is 0 Å². The van der Waals surface area contributed by atoms with E-state index in [1.54, 1.807) is 36.2 Å². The zero-order chi connectivity index (χ0) is 18.3. The van der Waals surface area contributed by atoms with Gasteiger partial charge in [-0.1, -0.05) is 5.57 Å². The van der Waals surface area contributed by atoms with Gasteiger partial charge in [-0.3, -0.25) is 4.79 Å². The summed E-state index contributed by atoms with van der Waals surface area (Å²) in [5, 5.41) is 0. The second-order valence-electron chi connectivity index (χ2n) is 6.63. The molecule has 6 nitrogen and oxygen atoms in total. The van der Waals surface area contributed by atoms with Gasteiger partial charge in [0.05, 0.1) is 23.4 Å². The molecular formula is C19H20N2O4S. The minimum absolute atomic E-state index is 0.0463. The molecule has 1 fully saturated rings. The molecule has 7 heteroatoms. The maximum Gasteiger partial charge on any atom is 0.258 e. The summed E-state index contributed by atoms with van der Waals surface area (Å²) in [6.45, 7) is 0.0825. The number of anilines is 1. The van der Waals surface area contributed by atoms with E-state index in [-0.39, 0.29) is 17.3 Å². The van der Waals surface area contributed by atoms with Gasteiger partial charge in [-0.2, -0.15) is 0 Å². The molecule has 1 aromatic heterocycles. The van der Waals surface area contributed by atoms with Crippen LogP contribution in [0.25, 0.3) is 5.57 Å². The topological polar surface area (TPSA) is 79.6 Å². The van der Waals surface area contributed by atoms with E-state index in [9.17, 15) is 13.2 Å². The molecule has 1 saturated carbocycles. The maximum absolute atomic E-state index is 12.7. The summed E-state index contributed by atoms with van der Waals surface area (Å²) in [5.74, 6) is 0.494. The molecule has 1 aromatic carbocycles. The van der Waals surface area contributed by atoms with Crippen molar-refractivity contribution >= 4 is 27.2 Å². The molecule has 0 radical (unpaired) electrons. The third-order valence-corrected chi connectivity index (χ3v) is 6.40. The van der Waals surface area contributed by atoms with E-state index in [0.717, 1.165) is 42.5 Å². The molecule has 1 aliphatic carbocycles. The number of furan rings is 1. The number of hydrogen-bond acceptors (Lipinski definition) is 4. The van der Waals surface area contributed by atoms with Crippen molar-refractivity contribution in [3.05, 3.63) is 53.5 Å². The Kier molecular flexibility index (Phi) is 4.20. The molecule has 136 valence electrons. The number of benzene rings is 1. The monoisotopic (exact) mass is 372 g/mol. The van der Waals surface area contributed by atoms with Crippen LogP contribution in [0.2, 0.25) is 0 Å². The first kappa shape index (κ1) is 17.1. The van der Waals surface area contributed by atoms with Crippen LogP contribution in [-0.2, 0) is 21.4 Å². The Hall–Kier alpha value is -2.38. The summed E-state index contributed by atoms with van der Waals surface area (Å²) in [6.07, 6.45) is 5.46. The van der Waals surface area contributed by atoms with Crippen molar-refractivity contribution in [1.29, 1.82) is 0 Å². The Balaban J connectivity index is 1.70. The number of amides is 1.